The predicted molar refractivity (Wildman–Crippen MR) is 77.9 cm³/mol. The Bertz CT molecular complexity index is 535. The molecule has 0 bridgehead atoms. The summed E-state index contributed by atoms with van der Waals surface area (Å²) in [5, 5.41) is 0. The second kappa shape index (κ2) is 6.14. The van der Waals surface area contributed by atoms with Crippen molar-refractivity contribution in [2.45, 2.75) is 19.8 Å². The molecule has 0 unspecified atom stereocenters. The predicted octanol–water partition coefficient (Wildman–Crippen LogP) is 4.02. The number of nitrogens with two attached hydrogens (primary N) is 1. The van der Waals surface area contributed by atoms with Gasteiger partial charge in [-0.3, -0.25) is 0 Å². The van der Waals surface area contributed by atoms with Gasteiger partial charge in [0, 0.05) is 6.07 Å². The molecule has 2 rings (SSSR count). The van der Waals surface area contributed by atoms with Gasteiger partial charge in [0.25, 0.3) is 0 Å². The molecule has 19 heavy (non-hydrogen) atoms. The van der Waals surface area contributed by atoms with E-state index >= 15 is 0 Å². The molecule has 3 nitrogen and oxygen atoms in total. The molecule has 2 aromatic rings. The zero-order valence-corrected chi connectivity index (χ0v) is 11.3. The van der Waals surface area contributed by atoms with Gasteiger partial charge in [-0.25, -0.2) is 0 Å². The molecule has 0 aliphatic rings. The highest BCUT2D eigenvalue weighted by atomic mass is 16.5. The molecule has 0 heterocycles. The van der Waals surface area contributed by atoms with Crippen LogP contribution in [0, 0.1) is 0 Å². The van der Waals surface area contributed by atoms with Crippen molar-refractivity contribution in [1.29, 1.82) is 0 Å². The average Bonchev–Trinajstić information content (AvgIpc) is 2.43. The summed E-state index contributed by atoms with van der Waals surface area (Å²) in [4.78, 5) is 0. The molecule has 0 aliphatic heterocycles. The molecule has 0 spiro atoms. The van der Waals surface area contributed by atoms with Crippen LogP contribution < -0.4 is 15.2 Å². The van der Waals surface area contributed by atoms with Crippen molar-refractivity contribution in [1.82, 2.24) is 0 Å². The Morgan fingerprint density at radius 1 is 1.00 bits per heavy atom. The summed E-state index contributed by atoms with van der Waals surface area (Å²) in [5.74, 6) is 2.15. The minimum Gasteiger partial charge on any atom is -0.494 e. The lowest BCUT2D eigenvalue weighted by Gasteiger charge is -2.09. The molecular formula is C16H19NO2. The Morgan fingerprint density at radius 2 is 1.68 bits per heavy atom. The summed E-state index contributed by atoms with van der Waals surface area (Å²) in [6.45, 7) is 2.17. The van der Waals surface area contributed by atoms with E-state index < -0.39 is 0 Å². The van der Waals surface area contributed by atoms with Gasteiger partial charge >= 0.3 is 0 Å². The summed E-state index contributed by atoms with van der Waals surface area (Å²) in [7, 11) is 1.59. The smallest absolute Gasteiger partial charge is 0.145 e. The van der Waals surface area contributed by atoms with E-state index in [0.29, 0.717) is 17.2 Å². The molecule has 3 heteroatoms. The van der Waals surface area contributed by atoms with E-state index in [2.05, 4.69) is 19.1 Å². The maximum atomic E-state index is 5.77. The second-order valence-corrected chi connectivity index (χ2v) is 4.40. The Morgan fingerprint density at radius 3 is 2.32 bits per heavy atom. The molecule has 2 aromatic carbocycles. The fraction of sp³-hybridized carbons (Fsp3) is 0.250. The van der Waals surface area contributed by atoms with Gasteiger partial charge < -0.3 is 15.2 Å². The molecule has 0 fully saturated rings. The maximum absolute atomic E-state index is 5.77. The first kappa shape index (κ1) is 13.3. The third-order valence-corrected chi connectivity index (χ3v) is 2.90. The topological polar surface area (TPSA) is 44.5 Å². The highest BCUT2D eigenvalue weighted by Crippen LogP contribution is 2.29. The van der Waals surface area contributed by atoms with Gasteiger partial charge in [-0.2, -0.15) is 0 Å². The monoisotopic (exact) mass is 257 g/mol. The van der Waals surface area contributed by atoms with E-state index in [-0.39, 0.29) is 0 Å². The number of anilines is 1. The van der Waals surface area contributed by atoms with Crippen molar-refractivity contribution in [3.63, 3.8) is 0 Å². The third-order valence-electron chi connectivity index (χ3n) is 2.90. The standard InChI is InChI=1S/C16H19NO2/c1-3-4-12-5-7-13(8-6-12)19-14-9-10-15(17)16(11-14)18-2/h5-11H,3-4,17H2,1-2H3. The number of rotatable bonds is 5. The van der Waals surface area contributed by atoms with E-state index in [1.807, 2.05) is 18.2 Å². The summed E-state index contributed by atoms with van der Waals surface area (Å²) >= 11 is 0. The number of ether oxygens (including phenoxy) is 2. The molecule has 2 N–H and O–H groups in total. The lowest BCUT2D eigenvalue weighted by atomic mass is 10.1. The van der Waals surface area contributed by atoms with Crippen molar-refractivity contribution in [2.75, 3.05) is 12.8 Å². The highest BCUT2D eigenvalue weighted by molar-refractivity contribution is 5.56. The SMILES string of the molecule is CCCc1ccc(Oc2ccc(N)c(OC)c2)cc1. The summed E-state index contributed by atoms with van der Waals surface area (Å²) < 4.78 is 10.9. The molecule has 0 radical (unpaired) electrons. The second-order valence-electron chi connectivity index (χ2n) is 4.40. The largest absolute Gasteiger partial charge is 0.494 e. The molecular weight excluding hydrogens is 238 g/mol. The number of methoxy groups -OCH3 is 1. The van der Waals surface area contributed by atoms with Crippen molar-refractivity contribution in [2.24, 2.45) is 0 Å². The summed E-state index contributed by atoms with van der Waals surface area (Å²) in [6.07, 6.45) is 2.24. The lowest BCUT2D eigenvalue weighted by Crippen LogP contribution is -1.93. The maximum Gasteiger partial charge on any atom is 0.145 e. The Labute approximate surface area is 114 Å². The van der Waals surface area contributed by atoms with Crippen LogP contribution in [0.4, 0.5) is 5.69 Å². The number of benzene rings is 2. The van der Waals surface area contributed by atoms with Gasteiger partial charge in [0.05, 0.1) is 12.8 Å². The Hall–Kier alpha value is -2.16. The first-order chi connectivity index (χ1) is 9.22. The summed E-state index contributed by atoms with van der Waals surface area (Å²) in [6, 6.07) is 13.5. The van der Waals surface area contributed by atoms with E-state index in [0.717, 1.165) is 18.6 Å². The van der Waals surface area contributed by atoms with Crippen LogP contribution >= 0.6 is 0 Å². The van der Waals surface area contributed by atoms with E-state index in [9.17, 15) is 0 Å². The number of nitrogen functional groups attached to an aromatic ring is 1. The lowest BCUT2D eigenvalue weighted by molar-refractivity contribution is 0.411. The first-order valence-electron chi connectivity index (χ1n) is 6.43. The molecule has 0 saturated carbocycles. The van der Waals surface area contributed by atoms with Crippen molar-refractivity contribution >= 4 is 5.69 Å². The van der Waals surface area contributed by atoms with E-state index in [1.165, 1.54) is 5.56 Å². The number of aryl methyl sites for hydroxylation is 1. The normalized spacial score (nSPS) is 10.2. The zero-order valence-electron chi connectivity index (χ0n) is 11.3. The van der Waals surface area contributed by atoms with Gasteiger partial charge in [0.1, 0.15) is 17.2 Å². The van der Waals surface area contributed by atoms with Crippen LogP contribution in [0.25, 0.3) is 0 Å². The number of hydrogen-bond acceptors (Lipinski definition) is 3. The van der Waals surface area contributed by atoms with Crippen LogP contribution in [0.1, 0.15) is 18.9 Å². The molecule has 0 aliphatic carbocycles. The molecule has 0 saturated heterocycles. The minimum absolute atomic E-state index is 0.605. The van der Waals surface area contributed by atoms with Crippen LogP contribution in [0.15, 0.2) is 42.5 Å². The van der Waals surface area contributed by atoms with Crippen molar-refractivity contribution in [3.05, 3.63) is 48.0 Å². The van der Waals surface area contributed by atoms with Gasteiger partial charge in [0.2, 0.25) is 0 Å². The molecule has 0 aromatic heterocycles. The van der Waals surface area contributed by atoms with E-state index in [4.69, 9.17) is 15.2 Å². The first-order valence-corrected chi connectivity index (χ1v) is 6.43. The minimum atomic E-state index is 0.605. The average molecular weight is 257 g/mol. The van der Waals surface area contributed by atoms with E-state index in [1.54, 1.807) is 19.2 Å². The number of hydrogen-bond donors (Lipinski definition) is 1. The van der Waals surface area contributed by atoms with Crippen molar-refractivity contribution in [3.8, 4) is 17.2 Å². The van der Waals surface area contributed by atoms with Crippen LogP contribution in [-0.2, 0) is 6.42 Å². The Kier molecular flexibility index (Phi) is 4.29. The quantitative estimate of drug-likeness (QED) is 0.823. The van der Waals surface area contributed by atoms with Crippen LogP contribution in [0.3, 0.4) is 0 Å². The van der Waals surface area contributed by atoms with Crippen LogP contribution in [-0.4, -0.2) is 7.11 Å². The third kappa shape index (κ3) is 3.41. The van der Waals surface area contributed by atoms with Crippen LogP contribution in [0.2, 0.25) is 0 Å². The fourth-order valence-electron chi connectivity index (χ4n) is 1.90. The van der Waals surface area contributed by atoms with Gasteiger partial charge in [-0.05, 0) is 36.2 Å². The Balaban J connectivity index is 2.12. The van der Waals surface area contributed by atoms with Crippen molar-refractivity contribution < 1.29 is 9.47 Å². The molecule has 0 atom stereocenters. The molecule has 100 valence electrons. The summed E-state index contributed by atoms with van der Waals surface area (Å²) in [5.41, 5.74) is 7.69. The molecule has 0 amide bonds. The fourth-order valence-corrected chi connectivity index (χ4v) is 1.90. The van der Waals surface area contributed by atoms with Gasteiger partial charge in [-0.1, -0.05) is 25.5 Å². The van der Waals surface area contributed by atoms with Crippen LogP contribution in [0.5, 0.6) is 17.2 Å². The zero-order chi connectivity index (χ0) is 13.7. The van der Waals surface area contributed by atoms with Gasteiger partial charge in [0.15, 0.2) is 0 Å². The highest BCUT2D eigenvalue weighted by Gasteiger charge is 2.03. The van der Waals surface area contributed by atoms with Gasteiger partial charge in [-0.15, -0.1) is 0 Å².